The molecule has 0 bridgehead atoms. The van der Waals surface area contributed by atoms with Crippen molar-refractivity contribution in [3.05, 3.63) is 65.7 Å². The van der Waals surface area contributed by atoms with Gasteiger partial charge in [0.05, 0.1) is 12.9 Å². The molecule has 0 saturated heterocycles. The number of aryl methyl sites for hydroxylation is 2. The van der Waals surface area contributed by atoms with Gasteiger partial charge in [0.25, 0.3) is 0 Å². The van der Waals surface area contributed by atoms with Gasteiger partial charge in [0.1, 0.15) is 0 Å². The normalized spacial score (nSPS) is 10.9. The predicted molar refractivity (Wildman–Crippen MR) is 80.0 cm³/mol. The molecule has 3 aromatic rings. The molecule has 0 radical (unpaired) electrons. The fourth-order valence-corrected chi connectivity index (χ4v) is 2.55. The van der Waals surface area contributed by atoms with Gasteiger partial charge in [-0.2, -0.15) is 0 Å². The monoisotopic (exact) mass is 264 g/mol. The summed E-state index contributed by atoms with van der Waals surface area (Å²) >= 11 is 0. The molecule has 3 nitrogen and oxygen atoms in total. The van der Waals surface area contributed by atoms with Crippen LogP contribution in [0.25, 0.3) is 10.8 Å². The van der Waals surface area contributed by atoms with Crippen LogP contribution in [0.5, 0.6) is 0 Å². The lowest BCUT2D eigenvalue weighted by Gasteiger charge is -2.10. The summed E-state index contributed by atoms with van der Waals surface area (Å²) in [5, 5.41) is 2.14. The van der Waals surface area contributed by atoms with Crippen LogP contribution in [0.3, 0.4) is 0 Å². The number of carbonyl (C=O) groups is 1. The predicted octanol–water partition coefficient (Wildman–Crippen LogP) is 3.54. The Morgan fingerprint density at radius 2 is 2.05 bits per heavy atom. The molecule has 0 N–H and O–H groups in total. The Balaban J connectivity index is 2.10. The number of imidazole rings is 1. The van der Waals surface area contributed by atoms with Crippen molar-refractivity contribution >= 4 is 16.6 Å². The largest absolute Gasteiger partial charge is 0.330 e. The Morgan fingerprint density at radius 1 is 1.20 bits per heavy atom. The number of hydrogen-bond acceptors (Lipinski definition) is 2. The maximum absolute atomic E-state index is 12.6. The van der Waals surface area contributed by atoms with Gasteiger partial charge in [0.2, 0.25) is 0 Å². The van der Waals surface area contributed by atoms with Gasteiger partial charge in [-0.05, 0) is 30.2 Å². The summed E-state index contributed by atoms with van der Waals surface area (Å²) in [5.41, 5.74) is 3.04. The van der Waals surface area contributed by atoms with Crippen molar-refractivity contribution < 1.29 is 4.79 Å². The number of carbonyl (C=O) groups excluding carboxylic acids is 1. The molecule has 2 aromatic carbocycles. The highest BCUT2D eigenvalue weighted by Crippen LogP contribution is 2.24. The van der Waals surface area contributed by atoms with Crippen molar-refractivity contribution in [1.29, 1.82) is 0 Å². The van der Waals surface area contributed by atoms with Gasteiger partial charge < -0.3 is 4.57 Å². The smallest absolute Gasteiger partial charge is 0.183 e. The van der Waals surface area contributed by atoms with Crippen molar-refractivity contribution in [1.82, 2.24) is 9.55 Å². The van der Waals surface area contributed by atoms with Crippen LogP contribution in [0.1, 0.15) is 21.5 Å². The molecule has 0 saturated carbocycles. The SMILES string of the molecule is Cc1ccc2c(C(=O)Cn3ccnc3)c(C)ccc2c1. The fourth-order valence-electron chi connectivity index (χ4n) is 2.55. The summed E-state index contributed by atoms with van der Waals surface area (Å²) in [6, 6.07) is 10.3. The Kier molecular flexibility index (Phi) is 3.11. The number of fused-ring (bicyclic) bond motifs is 1. The van der Waals surface area contributed by atoms with Crippen LogP contribution >= 0.6 is 0 Å². The minimum absolute atomic E-state index is 0.120. The number of hydrogen-bond donors (Lipinski definition) is 0. The van der Waals surface area contributed by atoms with E-state index in [0.29, 0.717) is 6.54 Å². The molecule has 0 atom stereocenters. The molecule has 0 amide bonds. The molecule has 1 heterocycles. The van der Waals surface area contributed by atoms with Crippen LogP contribution in [0, 0.1) is 13.8 Å². The van der Waals surface area contributed by atoms with Gasteiger partial charge in [0, 0.05) is 18.0 Å². The van der Waals surface area contributed by atoms with E-state index in [1.807, 2.05) is 25.3 Å². The van der Waals surface area contributed by atoms with Crippen molar-refractivity contribution in [3.8, 4) is 0 Å². The molecule has 0 aliphatic carbocycles. The molecule has 0 aliphatic heterocycles. The number of aromatic nitrogens is 2. The van der Waals surface area contributed by atoms with E-state index < -0.39 is 0 Å². The molecule has 3 heteroatoms. The topological polar surface area (TPSA) is 34.9 Å². The van der Waals surface area contributed by atoms with E-state index in [4.69, 9.17) is 0 Å². The average Bonchev–Trinajstić information content (AvgIpc) is 2.91. The molecule has 0 spiro atoms. The van der Waals surface area contributed by atoms with E-state index in [0.717, 1.165) is 21.9 Å². The Hall–Kier alpha value is -2.42. The van der Waals surface area contributed by atoms with E-state index in [-0.39, 0.29) is 5.78 Å². The van der Waals surface area contributed by atoms with Crippen LogP contribution in [0.15, 0.2) is 49.1 Å². The summed E-state index contributed by atoms with van der Waals surface area (Å²) < 4.78 is 1.80. The molecule has 0 aliphatic rings. The van der Waals surface area contributed by atoms with E-state index in [2.05, 4.69) is 30.1 Å². The van der Waals surface area contributed by atoms with E-state index in [1.54, 1.807) is 17.1 Å². The van der Waals surface area contributed by atoms with E-state index in [1.165, 1.54) is 5.56 Å². The second-order valence-electron chi connectivity index (χ2n) is 5.14. The lowest BCUT2D eigenvalue weighted by molar-refractivity contribution is 0.0973. The zero-order valence-electron chi connectivity index (χ0n) is 11.6. The fraction of sp³-hybridized carbons (Fsp3) is 0.176. The second kappa shape index (κ2) is 4.93. The highest BCUT2D eigenvalue weighted by Gasteiger charge is 2.13. The van der Waals surface area contributed by atoms with Crippen molar-refractivity contribution in [2.45, 2.75) is 20.4 Å². The minimum atomic E-state index is 0.120. The van der Waals surface area contributed by atoms with Crippen LogP contribution in [-0.4, -0.2) is 15.3 Å². The third-order valence-corrected chi connectivity index (χ3v) is 3.55. The summed E-state index contributed by atoms with van der Waals surface area (Å²) in [6.07, 6.45) is 5.16. The van der Waals surface area contributed by atoms with Crippen LogP contribution in [0.2, 0.25) is 0 Å². The number of ketones is 1. The summed E-state index contributed by atoms with van der Waals surface area (Å²) in [4.78, 5) is 16.6. The number of benzene rings is 2. The number of Topliss-reactive ketones (excluding diaryl/α,β-unsaturated/α-hetero) is 1. The van der Waals surface area contributed by atoms with Crippen molar-refractivity contribution in [2.75, 3.05) is 0 Å². The molecular formula is C17H16N2O. The minimum Gasteiger partial charge on any atom is -0.330 e. The Labute approximate surface area is 117 Å². The summed E-state index contributed by atoms with van der Waals surface area (Å²) in [5.74, 6) is 0.120. The maximum Gasteiger partial charge on any atom is 0.183 e. The summed E-state index contributed by atoms with van der Waals surface area (Å²) in [6.45, 7) is 4.38. The second-order valence-corrected chi connectivity index (χ2v) is 5.14. The first kappa shape index (κ1) is 12.6. The molecule has 20 heavy (non-hydrogen) atoms. The van der Waals surface area contributed by atoms with E-state index in [9.17, 15) is 4.79 Å². The third-order valence-electron chi connectivity index (χ3n) is 3.55. The number of rotatable bonds is 3. The highest BCUT2D eigenvalue weighted by atomic mass is 16.1. The molecule has 1 aromatic heterocycles. The zero-order chi connectivity index (χ0) is 14.1. The lowest BCUT2D eigenvalue weighted by Crippen LogP contribution is -2.11. The molecular weight excluding hydrogens is 248 g/mol. The van der Waals surface area contributed by atoms with Gasteiger partial charge >= 0.3 is 0 Å². The Morgan fingerprint density at radius 3 is 2.80 bits per heavy atom. The standard InChI is InChI=1S/C17H16N2O/c1-12-3-6-15-14(9-12)5-4-13(2)17(15)16(20)10-19-8-7-18-11-19/h3-9,11H,10H2,1-2H3. The van der Waals surface area contributed by atoms with Crippen molar-refractivity contribution in [2.24, 2.45) is 0 Å². The lowest BCUT2D eigenvalue weighted by atomic mass is 9.95. The van der Waals surface area contributed by atoms with Crippen LogP contribution < -0.4 is 0 Å². The van der Waals surface area contributed by atoms with Crippen LogP contribution in [0.4, 0.5) is 0 Å². The highest BCUT2D eigenvalue weighted by molar-refractivity contribution is 6.09. The Bertz CT molecular complexity index is 773. The average molecular weight is 264 g/mol. The van der Waals surface area contributed by atoms with Crippen molar-refractivity contribution in [3.63, 3.8) is 0 Å². The zero-order valence-corrected chi connectivity index (χ0v) is 11.6. The van der Waals surface area contributed by atoms with E-state index >= 15 is 0 Å². The van der Waals surface area contributed by atoms with Crippen LogP contribution in [-0.2, 0) is 6.54 Å². The summed E-state index contributed by atoms with van der Waals surface area (Å²) in [7, 11) is 0. The first-order valence-electron chi connectivity index (χ1n) is 6.64. The molecule has 0 unspecified atom stereocenters. The maximum atomic E-state index is 12.6. The van der Waals surface area contributed by atoms with Gasteiger partial charge in [0.15, 0.2) is 5.78 Å². The molecule has 100 valence electrons. The third kappa shape index (κ3) is 2.23. The first-order chi connectivity index (χ1) is 9.65. The van der Waals surface area contributed by atoms with Gasteiger partial charge in [-0.1, -0.05) is 35.9 Å². The number of nitrogens with zero attached hydrogens (tertiary/aromatic N) is 2. The van der Waals surface area contributed by atoms with Gasteiger partial charge in [-0.15, -0.1) is 0 Å². The quantitative estimate of drug-likeness (QED) is 0.678. The van der Waals surface area contributed by atoms with Gasteiger partial charge in [-0.3, -0.25) is 4.79 Å². The molecule has 0 fully saturated rings. The van der Waals surface area contributed by atoms with Gasteiger partial charge in [-0.25, -0.2) is 4.98 Å². The molecule has 3 rings (SSSR count). The first-order valence-corrected chi connectivity index (χ1v) is 6.64.